The lowest BCUT2D eigenvalue weighted by Crippen LogP contribution is -2.41. The lowest BCUT2D eigenvalue weighted by molar-refractivity contribution is 0.115. The van der Waals surface area contributed by atoms with Crippen LogP contribution in [0.15, 0.2) is 0 Å². The Balaban J connectivity index is 7.54. The lowest BCUT2D eigenvalue weighted by Gasteiger charge is -2.52. The fourth-order valence-electron chi connectivity index (χ4n) is 13.7. The summed E-state index contributed by atoms with van der Waals surface area (Å²) in [5.74, 6) is 0.957. The van der Waals surface area contributed by atoms with Crippen LogP contribution in [0.4, 0.5) is 0 Å². The van der Waals surface area contributed by atoms with Gasteiger partial charge in [-0.2, -0.15) is 0 Å². The molecule has 0 aromatic heterocycles. The second kappa shape index (κ2) is 58.6. The normalized spacial score (nSPS) is 12.8. The zero-order chi connectivity index (χ0) is 53.3. The average molecular weight is 1040 g/mol. The Labute approximate surface area is 468 Å². The van der Waals surface area contributed by atoms with Crippen LogP contribution in [0.25, 0.3) is 0 Å². The fraction of sp³-hybridized carbons (Fsp3) is 1.00. The topological polar surface area (TPSA) is 0 Å². The van der Waals surface area contributed by atoms with E-state index in [1.54, 1.807) is 57.3 Å². The van der Waals surface area contributed by atoms with Crippen molar-refractivity contribution in [2.24, 2.45) is 11.3 Å². The van der Waals surface area contributed by atoms with Crippen molar-refractivity contribution in [3.8, 4) is 0 Å². The number of unbranched alkanes of at least 4 members (excludes halogenated alkanes) is 44. The van der Waals surface area contributed by atoms with E-state index in [0.717, 1.165) is 5.92 Å². The molecule has 0 aliphatic heterocycles. The summed E-state index contributed by atoms with van der Waals surface area (Å²) >= 11 is 0. The standard InChI is InChI=1S/C72H147P/c1-9-17-25-31-37-43-49-55-61-70(72(73(67-23-15-7)68-24-16-8,65-59-53-47-41-35-29-21-13-5)66-60-54-48-42-36-30-22-14-6)69-71(62-56-50-44-38-32-26-18-10-2,63-57-51-45-39-33-27-19-11-3)64-58-52-46-40-34-28-20-12-4/h70H,9-69H2,1-8H3. The molecule has 0 aromatic carbocycles. The van der Waals surface area contributed by atoms with Crippen LogP contribution in [-0.4, -0.2) is 17.5 Å². The van der Waals surface area contributed by atoms with E-state index in [-0.39, 0.29) is 7.92 Å². The summed E-state index contributed by atoms with van der Waals surface area (Å²) in [5.41, 5.74) is 0.567. The molecule has 0 radical (unpaired) electrons. The summed E-state index contributed by atoms with van der Waals surface area (Å²) in [5, 5.41) is 0.605. The summed E-state index contributed by atoms with van der Waals surface area (Å²) in [6.07, 6.45) is 90.9. The summed E-state index contributed by atoms with van der Waals surface area (Å²) in [6.45, 7) is 19.4. The predicted octanol–water partition coefficient (Wildman–Crippen LogP) is 28.0. The Morgan fingerprint density at radius 3 is 0.671 bits per heavy atom. The van der Waals surface area contributed by atoms with Crippen molar-refractivity contribution >= 4 is 7.92 Å². The third-order valence-electron chi connectivity index (χ3n) is 18.6. The third-order valence-corrected chi connectivity index (χ3v) is 22.4. The van der Waals surface area contributed by atoms with Gasteiger partial charge >= 0.3 is 0 Å². The van der Waals surface area contributed by atoms with E-state index in [4.69, 9.17) is 0 Å². The summed E-state index contributed by atoms with van der Waals surface area (Å²) in [7, 11) is 0.00918. The molecule has 0 N–H and O–H groups in total. The first-order valence-electron chi connectivity index (χ1n) is 35.7. The van der Waals surface area contributed by atoms with Crippen LogP contribution in [0.2, 0.25) is 0 Å². The predicted molar refractivity (Wildman–Crippen MR) is 343 cm³/mol. The summed E-state index contributed by atoms with van der Waals surface area (Å²) in [4.78, 5) is 0. The van der Waals surface area contributed by atoms with Gasteiger partial charge in [0.25, 0.3) is 0 Å². The second-order valence-electron chi connectivity index (χ2n) is 25.6. The van der Waals surface area contributed by atoms with Gasteiger partial charge in [0.2, 0.25) is 0 Å². The molecule has 0 heterocycles. The van der Waals surface area contributed by atoms with E-state index in [1.165, 1.54) is 334 Å². The SMILES string of the molecule is CCCCCCCCCCC(CC(CCCCCCCCCC)(CCCCCCCCCC)CCCCCCCCCC)C(CCCCCCCCCC)(CCCCCCCCCC)P(CCCC)CCCC. The number of hydrogen-bond donors (Lipinski definition) is 0. The molecule has 0 saturated heterocycles. The highest BCUT2D eigenvalue weighted by Crippen LogP contribution is 2.63. The van der Waals surface area contributed by atoms with E-state index >= 15 is 0 Å². The third kappa shape index (κ3) is 43.9. The minimum atomic E-state index is 0.00918. The van der Waals surface area contributed by atoms with Crippen molar-refractivity contribution < 1.29 is 0 Å². The summed E-state index contributed by atoms with van der Waals surface area (Å²) < 4.78 is 0. The van der Waals surface area contributed by atoms with Crippen LogP contribution in [0.1, 0.15) is 434 Å². The van der Waals surface area contributed by atoms with E-state index in [0.29, 0.717) is 10.6 Å². The highest BCUT2D eigenvalue weighted by atomic mass is 31.1. The Morgan fingerprint density at radius 2 is 0.425 bits per heavy atom. The quantitative estimate of drug-likeness (QED) is 0.0421. The molecular weight excluding hydrogens is 896 g/mol. The van der Waals surface area contributed by atoms with E-state index in [9.17, 15) is 0 Å². The maximum atomic E-state index is 2.53. The molecule has 0 spiro atoms. The molecule has 0 aliphatic carbocycles. The Morgan fingerprint density at radius 1 is 0.219 bits per heavy atom. The molecular formula is C72H147P. The average Bonchev–Trinajstić information content (AvgIpc) is 3.40. The zero-order valence-corrected chi connectivity index (χ0v) is 54.1. The molecule has 1 heteroatoms. The Kier molecular flexibility index (Phi) is 58.9. The molecule has 0 aliphatic rings. The minimum Gasteiger partial charge on any atom is -0.100 e. The smallest absolute Gasteiger partial charge is 0.00660 e. The molecule has 0 saturated carbocycles. The van der Waals surface area contributed by atoms with Crippen molar-refractivity contribution in [1.82, 2.24) is 0 Å². The maximum absolute atomic E-state index is 2.53. The van der Waals surface area contributed by atoms with Crippen LogP contribution in [0, 0.1) is 11.3 Å². The molecule has 440 valence electrons. The van der Waals surface area contributed by atoms with Gasteiger partial charge in [-0.3, -0.25) is 0 Å². The first-order chi connectivity index (χ1) is 36.0. The van der Waals surface area contributed by atoms with Crippen molar-refractivity contribution in [1.29, 1.82) is 0 Å². The molecule has 0 aromatic rings. The molecule has 1 unspecified atom stereocenters. The van der Waals surface area contributed by atoms with Crippen LogP contribution < -0.4 is 0 Å². The van der Waals surface area contributed by atoms with Crippen molar-refractivity contribution in [2.45, 2.75) is 439 Å². The molecule has 0 rings (SSSR count). The van der Waals surface area contributed by atoms with Gasteiger partial charge in [0.05, 0.1) is 0 Å². The van der Waals surface area contributed by atoms with E-state index in [1.807, 2.05) is 0 Å². The summed E-state index contributed by atoms with van der Waals surface area (Å²) in [6, 6.07) is 0. The van der Waals surface area contributed by atoms with Crippen LogP contribution in [-0.2, 0) is 0 Å². The highest BCUT2D eigenvalue weighted by Gasteiger charge is 2.46. The van der Waals surface area contributed by atoms with Gasteiger partial charge < -0.3 is 0 Å². The van der Waals surface area contributed by atoms with Gasteiger partial charge in [-0.05, 0) is 86.6 Å². The second-order valence-corrected chi connectivity index (χ2v) is 28.5. The van der Waals surface area contributed by atoms with E-state index in [2.05, 4.69) is 55.4 Å². The molecule has 0 amide bonds. The van der Waals surface area contributed by atoms with Gasteiger partial charge in [0.1, 0.15) is 0 Å². The number of hydrogen-bond acceptors (Lipinski definition) is 0. The first kappa shape index (κ1) is 73.4. The first-order valence-corrected chi connectivity index (χ1v) is 37.5. The van der Waals surface area contributed by atoms with Crippen molar-refractivity contribution in [3.05, 3.63) is 0 Å². The Bertz CT molecular complexity index is 921. The fourth-order valence-corrected chi connectivity index (χ4v) is 17.9. The maximum Gasteiger partial charge on any atom is -0.00660 e. The van der Waals surface area contributed by atoms with Crippen LogP contribution in [0.5, 0.6) is 0 Å². The molecule has 1 atom stereocenters. The van der Waals surface area contributed by atoms with Gasteiger partial charge in [-0.1, -0.05) is 376 Å². The highest BCUT2D eigenvalue weighted by molar-refractivity contribution is 7.59. The largest absolute Gasteiger partial charge is 0.100 e. The molecule has 0 nitrogen and oxygen atoms in total. The van der Waals surface area contributed by atoms with Crippen molar-refractivity contribution in [3.63, 3.8) is 0 Å². The minimum absolute atomic E-state index is 0.00918. The van der Waals surface area contributed by atoms with Crippen molar-refractivity contribution in [2.75, 3.05) is 12.3 Å². The van der Waals surface area contributed by atoms with Crippen LogP contribution >= 0.6 is 7.92 Å². The molecule has 0 bridgehead atoms. The molecule has 0 fully saturated rings. The number of rotatable bonds is 64. The molecule has 73 heavy (non-hydrogen) atoms. The van der Waals surface area contributed by atoms with Gasteiger partial charge in [-0.25, -0.2) is 0 Å². The Hall–Kier alpha value is 0.430. The zero-order valence-electron chi connectivity index (χ0n) is 53.2. The van der Waals surface area contributed by atoms with Crippen LogP contribution in [0.3, 0.4) is 0 Å². The van der Waals surface area contributed by atoms with E-state index < -0.39 is 0 Å². The van der Waals surface area contributed by atoms with Gasteiger partial charge in [-0.15, -0.1) is 7.92 Å². The monoisotopic (exact) mass is 1040 g/mol. The van der Waals surface area contributed by atoms with Gasteiger partial charge in [0.15, 0.2) is 0 Å². The lowest BCUT2D eigenvalue weighted by atomic mass is 9.64. The van der Waals surface area contributed by atoms with Gasteiger partial charge in [0, 0.05) is 0 Å².